The molecule has 8 nitrogen and oxygen atoms in total. The van der Waals surface area contributed by atoms with Gasteiger partial charge < -0.3 is 0 Å². The zero-order valence-electron chi connectivity index (χ0n) is 11.3. The van der Waals surface area contributed by atoms with Gasteiger partial charge in [-0.2, -0.15) is 9.40 Å². The number of hydrogen-bond acceptors (Lipinski definition) is 5. The average molecular weight is 322 g/mol. The van der Waals surface area contributed by atoms with Crippen LogP contribution in [0.2, 0.25) is 0 Å². The number of aryl methyl sites for hydroxylation is 2. The van der Waals surface area contributed by atoms with E-state index in [2.05, 4.69) is 10.2 Å². The normalized spacial score (nSPS) is 22.1. The van der Waals surface area contributed by atoms with Crippen molar-refractivity contribution < 1.29 is 16.8 Å². The molecule has 10 heteroatoms. The first-order chi connectivity index (χ1) is 9.14. The van der Waals surface area contributed by atoms with Gasteiger partial charge in [-0.1, -0.05) is 0 Å². The van der Waals surface area contributed by atoms with E-state index in [1.807, 2.05) is 0 Å². The number of primary sulfonamides is 1. The molecule has 0 amide bonds. The first kappa shape index (κ1) is 15.4. The van der Waals surface area contributed by atoms with Crippen molar-refractivity contribution in [2.24, 2.45) is 5.14 Å². The number of piperidine rings is 1. The SMILES string of the molecule is Cc1n[nH]c(C)c1S(=O)(=O)N1CCCC(S(N)(=O)=O)C1. The van der Waals surface area contributed by atoms with Crippen LogP contribution >= 0.6 is 0 Å². The summed E-state index contributed by atoms with van der Waals surface area (Å²) in [6, 6.07) is 0. The molecule has 1 aromatic rings. The Morgan fingerprint density at radius 3 is 2.45 bits per heavy atom. The van der Waals surface area contributed by atoms with E-state index in [1.54, 1.807) is 13.8 Å². The third-order valence-electron chi connectivity index (χ3n) is 3.46. The average Bonchev–Trinajstić information content (AvgIpc) is 2.68. The minimum Gasteiger partial charge on any atom is -0.281 e. The van der Waals surface area contributed by atoms with Crippen molar-refractivity contribution in [3.63, 3.8) is 0 Å². The van der Waals surface area contributed by atoms with E-state index in [4.69, 9.17) is 5.14 Å². The lowest BCUT2D eigenvalue weighted by Gasteiger charge is -2.30. The fraction of sp³-hybridized carbons (Fsp3) is 0.700. The summed E-state index contributed by atoms with van der Waals surface area (Å²) in [4.78, 5) is 0.118. The number of H-pyrrole nitrogens is 1. The topological polar surface area (TPSA) is 126 Å². The van der Waals surface area contributed by atoms with E-state index in [-0.39, 0.29) is 11.4 Å². The Morgan fingerprint density at radius 2 is 1.95 bits per heavy atom. The quantitative estimate of drug-likeness (QED) is 0.773. The van der Waals surface area contributed by atoms with Gasteiger partial charge in [-0.05, 0) is 26.7 Å². The van der Waals surface area contributed by atoms with Crippen molar-refractivity contribution in [2.45, 2.75) is 36.8 Å². The number of rotatable bonds is 3. The van der Waals surface area contributed by atoms with Gasteiger partial charge in [-0.25, -0.2) is 22.0 Å². The second kappa shape index (κ2) is 5.10. The molecule has 1 aliphatic heterocycles. The van der Waals surface area contributed by atoms with Crippen molar-refractivity contribution in [2.75, 3.05) is 13.1 Å². The van der Waals surface area contributed by atoms with Crippen molar-refractivity contribution in [1.82, 2.24) is 14.5 Å². The van der Waals surface area contributed by atoms with Crippen molar-refractivity contribution in [1.29, 1.82) is 0 Å². The zero-order valence-corrected chi connectivity index (χ0v) is 13.0. The summed E-state index contributed by atoms with van der Waals surface area (Å²) in [5, 5.41) is 10.8. The molecule has 0 aliphatic carbocycles. The number of nitrogens with zero attached hydrogens (tertiary/aromatic N) is 2. The highest BCUT2D eigenvalue weighted by Crippen LogP contribution is 2.26. The molecule has 0 spiro atoms. The maximum Gasteiger partial charge on any atom is 0.246 e. The third-order valence-corrected chi connectivity index (χ3v) is 6.91. The first-order valence-electron chi connectivity index (χ1n) is 6.17. The third kappa shape index (κ3) is 2.73. The monoisotopic (exact) mass is 322 g/mol. The molecule has 1 saturated heterocycles. The van der Waals surface area contributed by atoms with Gasteiger partial charge in [-0.15, -0.1) is 0 Å². The smallest absolute Gasteiger partial charge is 0.246 e. The molecule has 3 N–H and O–H groups in total. The summed E-state index contributed by atoms with van der Waals surface area (Å²) in [5.74, 6) is 0. The van der Waals surface area contributed by atoms with Crippen LogP contribution in [0.4, 0.5) is 0 Å². The van der Waals surface area contributed by atoms with Crippen LogP contribution in [0.5, 0.6) is 0 Å². The van der Waals surface area contributed by atoms with E-state index >= 15 is 0 Å². The van der Waals surface area contributed by atoms with Gasteiger partial charge in [0.15, 0.2) is 0 Å². The van der Waals surface area contributed by atoms with E-state index < -0.39 is 25.3 Å². The highest BCUT2D eigenvalue weighted by molar-refractivity contribution is 7.90. The van der Waals surface area contributed by atoms with E-state index in [9.17, 15) is 16.8 Å². The Morgan fingerprint density at radius 1 is 1.30 bits per heavy atom. The van der Waals surface area contributed by atoms with Crippen molar-refractivity contribution in [3.05, 3.63) is 11.4 Å². The van der Waals surface area contributed by atoms with Gasteiger partial charge in [0.05, 0.1) is 16.6 Å². The van der Waals surface area contributed by atoms with E-state index in [0.29, 0.717) is 30.8 Å². The Balaban J connectivity index is 2.36. The fourth-order valence-corrected chi connectivity index (χ4v) is 5.27. The molecule has 1 atom stereocenters. The maximum absolute atomic E-state index is 12.6. The molecule has 0 bridgehead atoms. The predicted molar refractivity (Wildman–Crippen MR) is 72.9 cm³/mol. The molecule has 1 fully saturated rings. The van der Waals surface area contributed by atoms with Crippen LogP contribution in [0.25, 0.3) is 0 Å². The van der Waals surface area contributed by atoms with Gasteiger partial charge in [0.1, 0.15) is 4.90 Å². The fourth-order valence-electron chi connectivity index (χ4n) is 2.44. The summed E-state index contributed by atoms with van der Waals surface area (Å²) in [5.41, 5.74) is 0.820. The lowest BCUT2D eigenvalue weighted by atomic mass is 10.2. The molecule has 1 aliphatic rings. The Bertz CT molecular complexity index is 688. The standard InChI is InChI=1S/C10H18N4O4S2/c1-7-10(8(2)13-12-7)20(17,18)14-5-3-4-9(6-14)19(11,15)16/h9H,3-6H2,1-2H3,(H,12,13)(H2,11,15,16). The molecule has 0 saturated carbocycles. The van der Waals surface area contributed by atoms with Gasteiger partial charge in [0, 0.05) is 13.1 Å². The molecule has 2 heterocycles. The van der Waals surface area contributed by atoms with Crippen LogP contribution < -0.4 is 5.14 Å². The lowest BCUT2D eigenvalue weighted by Crippen LogP contribution is -2.47. The second-order valence-electron chi connectivity index (χ2n) is 4.98. The number of aromatic nitrogens is 2. The number of aromatic amines is 1. The van der Waals surface area contributed by atoms with Crippen LogP contribution in [0.15, 0.2) is 4.90 Å². The van der Waals surface area contributed by atoms with E-state index in [0.717, 1.165) is 0 Å². The number of nitrogens with two attached hydrogens (primary N) is 1. The molecular formula is C10H18N4O4S2. The van der Waals surface area contributed by atoms with Crippen LogP contribution in [-0.4, -0.2) is 49.7 Å². The van der Waals surface area contributed by atoms with Gasteiger partial charge in [-0.3, -0.25) is 5.10 Å². The van der Waals surface area contributed by atoms with Crippen LogP contribution in [0.1, 0.15) is 24.2 Å². The van der Waals surface area contributed by atoms with Crippen molar-refractivity contribution >= 4 is 20.0 Å². The Hall–Kier alpha value is -0.970. The summed E-state index contributed by atoms with van der Waals surface area (Å²) in [7, 11) is -7.49. The van der Waals surface area contributed by atoms with Crippen molar-refractivity contribution in [3.8, 4) is 0 Å². The lowest BCUT2D eigenvalue weighted by molar-refractivity contribution is 0.345. The molecule has 114 valence electrons. The molecule has 1 aromatic heterocycles. The molecule has 0 radical (unpaired) electrons. The van der Waals surface area contributed by atoms with Crippen LogP contribution in [0, 0.1) is 13.8 Å². The minimum absolute atomic E-state index is 0.106. The summed E-state index contributed by atoms with van der Waals surface area (Å²) in [6.45, 7) is 3.40. The molecule has 0 aromatic carbocycles. The Labute approximate surface area is 118 Å². The number of nitrogens with one attached hydrogen (secondary N) is 1. The Kier molecular flexibility index (Phi) is 3.93. The van der Waals surface area contributed by atoms with Crippen LogP contribution in [0.3, 0.4) is 0 Å². The highest BCUT2D eigenvalue weighted by Gasteiger charge is 2.36. The summed E-state index contributed by atoms with van der Waals surface area (Å²) >= 11 is 0. The molecule has 1 unspecified atom stereocenters. The van der Waals surface area contributed by atoms with Crippen LogP contribution in [-0.2, 0) is 20.0 Å². The highest BCUT2D eigenvalue weighted by atomic mass is 32.2. The predicted octanol–water partition coefficient (Wildman–Crippen LogP) is -0.532. The molecular weight excluding hydrogens is 304 g/mol. The van der Waals surface area contributed by atoms with Gasteiger partial charge in [0.25, 0.3) is 0 Å². The van der Waals surface area contributed by atoms with Gasteiger partial charge in [0.2, 0.25) is 20.0 Å². The minimum atomic E-state index is -3.75. The summed E-state index contributed by atoms with van der Waals surface area (Å²) in [6.07, 6.45) is 0.852. The largest absolute Gasteiger partial charge is 0.281 e. The number of sulfonamides is 2. The molecule has 20 heavy (non-hydrogen) atoms. The molecule has 2 rings (SSSR count). The van der Waals surface area contributed by atoms with E-state index in [1.165, 1.54) is 4.31 Å². The van der Waals surface area contributed by atoms with Gasteiger partial charge >= 0.3 is 0 Å². The number of hydrogen-bond donors (Lipinski definition) is 2. The first-order valence-corrected chi connectivity index (χ1v) is 9.22. The maximum atomic E-state index is 12.6. The zero-order chi connectivity index (χ0) is 15.1. The second-order valence-corrected chi connectivity index (χ2v) is 8.70. The summed E-state index contributed by atoms with van der Waals surface area (Å²) < 4.78 is 49.2.